The Hall–Kier alpha value is -4.22. The number of pyridine rings is 2. The Balaban J connectivity index is 1.28. The van der Waals surface area contributed by atoms with Gasteiger partial charge in [0.05, 0.1) is 31.0 Å². The van der Waals surface area contributed by atoms with Gasteiger partial charge in [-0.3, -0.25) is 19.3 Å². The zero-order chi connectivity index (χ0) is 25.9. The third-order valence-corrected chi connectivity index (χ3v) is 6.89. The monoisotopic (exact) mass is 509 g/mol. The molecule has 190 valence electrons. The average Bonchev–Trinajstić information content (AvgIpc) is 3.46. The summed E-state index contributed by atoms with van der Waals surface area (Å²) in [6.07, 6.45) is -0.136. The van der Waals surface area contributed by atoms with Gasteiger partial charge >= 0.3 is 6.18 Å². The molecule has 0 bridgehead atoms. The maximum absolute atomic E-state index is 13.5. The van der Waals surface area contributed by atoms with Crippen molar-refractivity contribution in [2.75, 3.05) is 6.54 Å². The van der Waals surface area contributed by atoms with Gasteiger partial charge in [-0.1, -0.05) is 6.07 Å². The molecule has 6 heterocycles. The zero-order valence-corrected chi connectivity index (χ0v) is 19.8. The van der Waals surface area contributed by atoms with Crippen LogP contribution in [-0.2, 0) is 32.2 Å². The van der Waals surface area contributed by atoms with Crippen LogP contribution in [0.4, 0.5) is 13.2 Å². The highest BCUT2D eigenvalue weighted by Gasteiger charge is 2.38. The summed E-state index contributed by atoms with van der Waals surface area (Å²) in [5.41, 5.74) is 2.00. The van der Waals surface area contributed by atoms with Crippen molar-refractivity contribution in [2.45, 2.75) is 45.2 Å². The van der Waals surface area contributed by atoms with E-state index in [1.165, 1.54) is 22.7 Å². The molecule has 0 N–H and O–H groups in total. The van der Waals surface area contributed by atoms with E-state index in [2.05, 4.69) is 15.1 Å². The molecule has 0 fully saturated rings. The lowest BCUT2D eigenvalue weighted by molar-refractivity contribution is -0.140. The van der Waals surface area contributed by atoms with Crippen molar-refractivity contribution in [1.82, 2.24) is 33.9 Å². The molecule has 0 saturated heterocycles. The van der Waals surface area contributed by atoms with Crippen LogP contribution in [0.5, 0.6) is 0 Å². The first-order valence-electron chi connectivity index (χ1n) is 11.8. The number of alkyl halides is 3. The largest absolute Gasteiger partial charge is 0.434 e. The molecule has 1 atom stereocenters. The number of carbonyl (C=O) groups is 2. The molecule has 6 rings (SSSR count). The van der Waals surface area contributed by atoms with E-state index in [4.69, 9.17) is 0 Å². The van der Waals surface area contributed by atoms with E-state index >= 15 is 0 Å². The Bertz CT molecular complexity index is 1530. The highest BCUT2D eigenvalue weighted by molar-refractivity contribution is 5.97. The van der Waals surface area contributed by atoms with Crippen molar-refractivity contribution in [3.05, 3.63) is 82.8 Å². The van der Waals surface area contributed by atoms with Gasteiger partial charge < -0.3 is 14.2 Å². The van der Waals surface area contributed by atoms with E-state index in [0.29, 0.717) is 37.3 Å². The van der Waals surface area contributed by atoms with Crippen molar-refractivity contribution in [3.63, 3.8) is 0 Å². The van der Waals surface area contributed by atoms with Gasteiger partial charge in [0.1, 0.15) is 11.3 Å². The lowest BCUT2D eigenvalue weighted by Gasteiger charge is -2.34. The second kappa shape index (κ2) is 8.43. The molecule has 37 heavy (non-hydrogen) atoms. The fraction of sp³-hybridized carbons (Fsp3) is 0.320. The summed E-state index contributed by atoms with van der Waals surface area (Å²) in [5.74, 6) is -0.503. The quantitative estimate of drug-likeness (QED) is 0.423. The number of rotatable bonds is 3. The number of carbonyl (C=O) groups excluding carboxylic acids is 2. The van der Waals surface area contributed by atoms with Gasteiger partial charge in [0.15, 0.2) is 5.69 Å². The summed E-state index contributed by atoms with van der Waals surface area (Å²) in [6.45, 7) is 3.50. The molecule has 0 unspecified atom stereocenters. The molecule has 4 aromatic rings. The fourth-order valence-corrected chi connectivity index (χ4v) is 4.99. The van der Waals surface area contributed by atoms with Gasteiger partial charge in [-0.15, -0.1) is 0 Å². The van der Waals surface area contributed by atoms with Crippen molar-refractivity contribution in [1.29, 1.82) is 0 Å². The molecule has 0 spiro atoms. The standard InChI is InChI=1S/C25H22F3N7O2/c1-15-10-19-18(22-24(37)33(8-9-35(22)31-19)12-17-4-2-3-6-29-17)13-34(15)23(36)16-5-7-32-14-20(25(26,27)28)30-21(32)11-16/h2-7,11,14-15H,8-10,12-13H2,1H3/t15-/m1/s1. The van der Waals surface area contributed by atoms with Crippen LogP contribution in [0.3, 0.4) is 0 Å². The molecule has 9 nitrogen and oxygen atoms in total. The van der Waals surface area contributed by atoms with E-state index in [0.717, 1.165) is 17.6 Å². The highest BCUT2D eigenvalue weighted by Crippen LogP contribution is 2.31. The molecule has 4 aromatic heterocycles. The van der Waals surface area contributed by atoms with E-state index in [1.54, 1.807) is 20.7 Å². The summed E-state index contributed by atoms with van der Waals surface area (Å²) >= 11 is 0. The Morgan fingerprint density at radius 3 is 2.78 bits per heavy atom. The Morgan fingerprint density at radius 2 is 2.03 bits per heavy atom. The molecule has 0 aliphatic carbocycles. The van der Waals surface area contributed by atoms with Crippen molar-refractivity contribution < 1.29 is 22.8 Å². The van der Waals surface area contributed by atoms with Gasteiger partial charge in [0.2, 0.25) is 0 Å². The lowest BCUT2D eigenvalue weighted by Crippen LogP contribution is -2.44. The number of nitrogens with zero attached hydrogens (tertiary/aromatic N) is 7. The Kier molecular flexibility index (Phi) is 5.28. The van der Waals surface area contributed by atoms with Crippen molar-refractivity contribution >= 4 is 17.5 Å². The number of aromatic nitrogens is 5. The second-order valence-electron chi connectivity index (χ2n) is 9.34. The SMILES string of the molecule is C[C@@H]1Cc2nn3c(c2CN1C(=O)c1ccn2cc(C(F)(F)F)nc2c1)C(=O)N(Cc1ccccn1)CC3. The Morgan fingerprint density at radius 1 is 1.19 bits per heavy atom. The summed E-state index contributed by atoms with van der Waals surface area (Å²) in [6, 6.07) is 8.18. The van der Waals surface area contributed by atoms with Crippen molar-refractivity contribution in [3.8, 4) is 0 Å². The van der Waals surface area contributed by atoms with Crippen molar-refractivity contribution in [2.24, 2.45) is 0 Å². The second-order valence-corrected chi connectivity index (χ2v) is 9.34. The first-order valence-corrected chi connectivity index (χ1v) is 11.8. The first-order chi connectivity index (χ1) is 17.7. The van der Waals surface area contributed by atoms with E-state index in [9.17, 15) is 22.8 Å². The third-order valence-electron chi connectivity index (χ3n) is 6.89. The number of amides is 2. The molecule has 2 aliphatic rings. The minimum atomic E-state index is -4.58. The van der Waals surface area contributed by atoms with Crippen LogP contribution in [0.1, 0.15) is 50.4 Å². The maximum Gasteiger partial charge on any atom is 0.434 e. The predicted molar refractivity (Wildman–Crippen MR) is 124 cm³/mol. The predicted octanol–water partition coefficient (Wildman–Crippen LogP) is 3.19. The van der Waals surface area contributed by atoms with Crippen LogP contribution in [0.25, 0.3) is 5.65 Å². The zero-order valence-electron chi connectivity index (χ0n) is 19.8. The Labute approximate surface area is 209 Å². The van der Waals surface area contributed by atoms with Crippen LogP contribution in [0, 0.1) is 0 Å². The number of halogens is 3. The minimum Gasteiger partial charge on any atom is -0.331 e. The molecular formula is C25H22F3N7O2. The topological polar surface area (TPSA) is 88.6 Å². The fourth-order valence-electron chi connectivity index (χ4n) is 4.99. The maximum atomic E-state index is 13.5. The number of fused-ring (bicyclic) bond motifs is 4. The summed E-state index contributed by atoms with van der Waals surface area (Å²) in [4.78, 5) is 38.2. The summed E-state index contributed by atoms with van der Waals surface area (Å²) in [5, 5.41) is 4.66. The molecule has 0 saturated carbocycles. The number of hydrogen-bond donors (Lipinski definition) is 0. The molecule has 12 heteroatoms. The normalized spacial score (nSPS) is 17.7. The highest BCUT2D eigenvalue weighted by atomic mass is 19.4. The number of hydrogen-bond acceptors (Lipinski definition) is 5. The van der Waals surface area contributed by atoms with Crippen LogP contribution in [0.2, 0.25) is 0 Å². The number of imidazole rings is 1. The molecule has 2 aliphatic heterocycles. The van der Waals surface area contributed by atoms with Gasteiger partial charge in [-0.2, -0.15) is 18.3 Å². The van der Waals surface area contributed by atoms with Crippen LogP contribution in [-0.4, -0.2) is 58.3 Å². The smallest absolute Gasteiger partial charge is 0.331 e. The summed E-state index contributed by atoms with van der Waals surface area (Å²) < 4.78 is 42.1. The van der Waals surface area contributed by atoms with E-state index < -0.39 is 11.9 Å². The van der Waals surface area contributed by atoms with Gasteiger partial charge in [0, 0.05) is 48.7 Å². The van der Waals surface area contributed by atoms with Gasteiger partial charge in [-0.25, -0.2) is 4.98 Å². The average molecular weight is 509 g/mol. The van der Waals surface area contributed by atoms with E-state index in [1.807, 2.05) is 25.1 Å². The van der Waals surface area contributed by atoms with Gasteiger partial charge in [0.25, 0.3) is 11.8 Å². The van der Waals surface area contributed by atoms with Gasteiger partial charge in [-0.05, 0) is 31.2 Å². The first kappa shape index (κ1) is 23.2. The molecule has 2 amide bonds. The molecule has 0 radical (unpaired) electrons. The minimum absolute atomic E-state index is 0.0341. The summed E-state index contributed by atoms with van der Waals surface area (Å²) in [7, 11) is 0. The molecular weight excluding hydrogens is 487 g/mol. The molecule has 0 aromatic carbocycles. The third kappa shape index (κ3) is 4.02. The van der Waals surface area contributed by atoms with Crippen LogP contribution in [0.15, 0.2) is 48.9 Å². The van der Waals surface area contributed by atoms with Crippen LogP contribution >= 0.6 is 0 Å². The van der Waals surface area contributed by atoms with E-state index in [-0.39, 0.29) is 35.6 Å². The lowest BCUT2D eigenvalue weighted by atomic mass is 9.97. The van der Waals surface area contributed by atoms with Crippen LogP contribution < -0.4 is 0 Å².